The van der Waals surface area contributed by atoms with Crippen LogP contribution >= 0.6 is 0 Å². The minimum atomic E-state index is -1.15. The summed E-state index contributed by atoms with van der Waals surface area (Å²) < 4.78 is 11.9. The van der Waals surface area contributed by atoms with Crippen LogP contribution in [0.15, 0.2) is 24.3 Å². The summed E-state index contributed by atoms with van der Waals surface area (Å²) >= 11 is 0. The molecule has 2 aliphatic heterocycles. The monoisotopic (exact) mass is 455 g/mol. The second-order valence-corrected chi connectivity index (χ2v) is 8.86. The number of amides is 2. The molecular formula is C23H29N5O5. The molecule has 0 radical (unpaired) electrons. The fourth-order valence-corrected chi connectivity index (χ4v) is 4.13. The van der Waals surface area contributed by atoms with Gasteiger partial charge in [0, 0.05) is 24.3 Å². The zero-order valence-corrected chi connectivity index (χ0v) is 19.3. The molecule has 10 nitrogen and oxygen atoms in total. The van der Waals surface area contributed by atoms with Crippen molar-refractivity contribution in [3.8, 4) is 17.1 Å². The molecule has 2 aromatic rings. The van der Waals surface area contributed by atoms with Gasteiger partial charge in [-0.15, -0.1) is 0 Å². The van der Waals surface area contributed by atoms with Gasteiger partial charge in [0.15, 0.2) is 0 Å². The molecule has 1 saturated heterocycles. The molecule has 0 unspecified atom stereocenters. The minimum Gasteiger partial charge on any atom is -0.469 e. The molecule has 1 fully saturated rings. The van der Waals surface area contributed by atoms with Crippen LogP contribution in [-0.4, -0.2) is 76.5 Å². The van der Waals surface area contributed by atoms with E-state index in [0.717, 1.165) is 0 Å². The summed E-state index contributed by atoms with van der Waals surface area (Å²) in [6.07, 6.45) is -1.15. The molecule has 0 spiro atoms. The van der Waals surface area contributed by atoms with Crippen LogP contribution in [0, 0.1) is 0 Å². The van der Waals surface area contributed by atoms with E-state index in [2.05, 4.69) is 10.2 Å². The van der Waals surface area contributed by atoms with Crippen molar-refractivity contribution in [2.24, 2.45) is 0 Å². The van der Waals surface area contributed by atoms with E-state index in [-0.39, 0.29) is 17.8 Å². The predicted octanol–water partition coefficient (Wildman–Crippen LogP) is 3.09. The minimum absolute atomic E-state index is 0.0634. The highest BCUT2D eigenvalue weighted by molar-refractivity contribution is 6.02. The molecule has 1 atom stereocenters. The third-order valence-corrected chi connectivity index (χ3v) is 5.73. The normalized spacial score (nSPS) is 20.0. The van der Waals surface area contributed by atoms with E-state index in [0.29, 0.717) is 61.3 Å². The Hall–Kier alpha value is -3.40. The number of likely N-dealkylation sites (N-methyl/N-ethyl adjacent to an activating group) is 1. The third kappa shape index (κ3) is 4.70. The van der Waals surface area contributed by atoms with E-state index in [1.807, 2.05) is 27.7 Å². The first kappa shape index (κ1) is 22.8. The Labute approximate surface area is 192 Å². The van der Waals surface area contributed by atoms with E-state index < -0.39 is 11.7 Å². The number of ether oxygens (including phenoxy) is 2. The molecule has 2 aliphatic rings. The highest BCUT2D eigenvalue weighted by atomic mass is 16.5. The Morgan fingerprint density at radius 2 is 2.00 bits per heavy atom. The Morgan fingerprint density at radius 3 is 2.64 bits per heavy atom. The molecule has 0 saturated carbocycles. The number of hydrogen-bond donors (Lipinski definition) is 2. The van der Waals surface area contributed by atoms with Crippen molar-refractivity contribution in [3.05, 3.63) is 29.8 Å². The van der Waals surface area contributed by atoms with Gasteiger partial charge < -0.3 is 24.4 Å². The lowest BCUT2D eigenvalue weighted by Gasteiger charge is -2.34. The van der Waals surface area contributed by atoms with Crippen LogP contribution in [0.1, 0.15) is 38.1 Å². The fourth-order valence-electron chi connectivity index (χ4n) is 4.13. The number of benzene rings is 1. The molecule has 176 valence electrons. The van der Waals surface area contributed by atoms with Crippen molar-refractivity contribution >= 4 is 23.6 Å². The van der Waals surface area contributed by atoms with Crippen molar-refractivity contribution in [2.75, 3.05) is 43.1 Å². The van der Waals surface area contributed by atoms with E-state index in [1.54, 1.807) is 29.2 Å². The van der Waals surface area contributed by atoms with E-state index in [4.69, 9.17) is 24.5 Å². The molecule has 1 aromatic heterocycles. The zero-order valence-electron chi connectivity index (χ0n) is 19.3. The Morgan fingerprint density at radius 1 is 1.27 bits per heavy atom. The number of anilines is 2. The van der Waals surface area contributed by atoms with E-state index >= 15 is 0 Å². The second-order valence-electron chi connectivity index (χ2n) is 8.86. The van der Waals surface area contributed by atoms with Crippen molar-refractivity contribution in [3.63, 3.8) is 0 Å². The van der Waals surface area contributed by atoms with Gasteiger partial charge in [0.2, 0.25) is 11.8 Å². The molecule has 0 bridgehead atoms. The van der Waals surface area contributed by atoms with Crippen LogP contribution in [0.3, 0.4) is 0 Å². The van der Waals surface area contributed by atoms with Gasteiger partial charge in [-0.25, -0.2) is 9.78 Å². The van der Waals surface area contributed by atoms with Crippen LogP contribution in [-0.2, 0) is 4.74 Å². The van der Waals surface area contributed by atoms with Gasteiger partial charge in [0.1, 0.15) is 11.2 Å². The molecule has 1 aromatic carbocycles. The van der Waals surface area contributed by atoms with Crippen LogP contribution in [0.25, 0.3) is 11.3 Å². The number of carboxylic acid groups (broad SMARTS) is 1. The van der Waals surface area contributed by atoms with Gasteiger partial charge in [-0.2, -0.15) is 4.98 Å². The summed E-state index contributed by atoms with van der Waals surface area (Å²) in [4.78, 5) is 37.8. The SMILES string of the molecule is CCN1CC(C)(C)Oc2nc(N3CCOC[C@@H]3C)nc(-c3ccc(NC(=O)O)cc3)c2C1=O. The fraction of sp³-hybridized carbons (Fsp3) is 0.478. The molecule has 0 aliphatic carbocycles. The first-order chi connectivity index (χ1) is 15.7. The van der Waals surface area contributed by atoms with Crippen LogP contribution in [0.5, 0.6) is 5.88 Å². The molecule has 3 heterocycles. The summed E-state index contributed by atoms with van der Waals surface area (Å²) in [6.45, 7) is 10.5. The third-order valence-electron chi connectivity index (χ3n) is 5.73. The summed E-state index contributed by atoms with van der Waals surface area (Å²) in [7, 11) is 0. The van der Waals surface area contributed by atoms with Crippen LogP contribution in [0.4, 0.5) is 16.4 Å². The van der Waals surface area contributed by atoms with Crippen molar-refractivity contribution < 1.29 is 24.2 Å². The number of nitrogens with one attached hydrogen (secondary N) is 1. The van der Waals surface area contributed by atoms with Gasteiger partial charge in [-0.05, 0) is 39.8 Å². The lowest BCUT2D eigenvalue weighted by Crippen LogP contribution is -2.44. The summed E-state index contributed by atoms with van der Waals surface area (Å²) in [5.74, 6) is 0.538. The summed E-state index contributed by atoms with van der Waals surface area (Å²) in [5, 5.41) is 11.3. The van der Waals surface area contributed by atoms with Gasteiger partial charge in [-0.1, -0.05) is 12.1 Å². The second kappa shape index (κ2) is 8.86. The number of nitrogens with zero attached hydrogens (tertiary/aromatic N) is 4. The first-order valence-electron chi connectivity index (χ1n) is 11.0. The lowest BCUT2D eigenvalue weighted by molar-refractivity contribution is 0.0541. The zero-order chi connectivity index (χ0) is 23.8. The maximum Gasteiger partial charge on any atom is 0.409 e. The first-order valence-corrected chi connectivity index (χ1v) is 11.0. The Kier molecular flexibility index (Phi) is 6.11. The van der Waals surface area contributed by atoms with Crippen molar-refractivity contribution in [2.45, 2.75) is 39.3 Å². The molecular weight excluding hydrogens is 426 g/mol. The topological polar surface area (TPSA) is 117 Å². The maximum atomic E-state index is 13.6. The Balaban J connectivity index is 1.88. The molecule has 4 rings (SSSR count). The van der Waals surface area contributed by atoms with Gasteiger partial charge >= 0.3 is 6.09 Å². The highest BCUT2D eigenvalue weighted by Gasteiger charge is 2.37. The number of aromatic nitrogens is 2. The molecule has 10 heteroatoms. The quantitative estimate of drug-likeness (QED) is 0.722. The van der Waals surface area contributed by atoms with Crippen molar-refractivity contribution in [1.82, 2.24) is 14.9 Å². The van der Waals surface area contributed by atoms with E-state index in [9.17, 15) is 9.59 Å². The highest BCUT2D eigenvalue weighted by Crippen LogP contribution is 2.36. The number of hydrogen-bond acceptors (Lipinski definition) is 7. The van der Waals surface area contributed by atoms with E-state index in [1.165, 1.54) is 0 Å². The maximum absolute atomic E-state index is 13.6. The van der Waals surface area contributed by atoms with Crippen molar-refractivity contribution in [1.29, 1.82) is 0 Å². The molecule has 2 N–H and O–H groups in total. The van der Waals surface area contributed by atoms with Gasteiger partial charge in [0.25, 0.3) is 5.91 Å². The average molecular weight is 456 g/mol. The van der Waals surface area contributed by atoms with Gasteiger partial charge in [0.05, 0.1) is 31.5 Å². The number of fused-ring (bicyclic) bond motifs is 1. The predicted molar refractivity (Wildman–Crippen MR) is 123 cm³/mol. The Bertz CT molecular complexity index is 1060. The number of morpholine rings is 1. The average Bonchev–Trinajstić information content (AvgIpc) is 2.86. The number of carbonyl (C=O) groups is 2. The molecule has 33 heavy (non-hydrogen) atoms. The number of carbonyl (C=O) groups excluding carboxylic acids is 1. The van der Waals surface area contributed by atoms with Crippen LogP contribution < -0.4 is 15.0 Å². The molecule has 2 amide bonds. The summed E-state index contributed by atoms with van der Waals surface area (Å²) in [6, 6.07) is 6.81. The van der Waals surface area contributed by atoms with Gasteiger partial charge in [-0.3, -0.25) is 10.1 Å². The number of rotatable bonds is 4. The largest absolute Gasteiger partial charge is 0.469 e. The summed E-state index contributed by atoms with van der Waals surface area (Å²) in [5.41, 5.74) is 1.22. The van der Waals surface area contributed by atoms with Crippen LogP contribution in [0.2, 0.25) is 0 Å². The smallest absolute Gasteiger partial charge is 0.409 e. The standard InChI is InChI=1S/C23H29N5O5/c1-5-27-13-23(3,4)33-19-17(20(27)29)18(15-6-8-16(9-7-15)24-22(30)31)25-21(26-19)28-10-11-32-12-14(28)2/h6-9,14,24H,5,10-13H2,1-4H3,(H,30,31)/t14-/m0/s1. The lowest BCUT2D eigenvalue weighted by atomic mass is 10.0.